The van der Waals surface area contributed by atoms with Gasteiger partial charge in [-0.1, -0.05) is 36.4 Å². The predicted octanol–water partition coefficient (Wildman–Crippen LogP) is 4.35. The van der Waals surface area contributed by atoms with Gasteiger partial charge in [-0.3, -0.25) is 9.59 Å². The standard InChI is InChI=1S/C25H26N2O4/c1-30-22-11-10-19(16-23(22)31-2)26-24(28)18-12-14-27(15-13-18)25(29)21-9-5-7-17-6-3-4-8-20(17)21/h3-11,16,18H,12-15H2,1-2H3,(H,26,28). The molecule has 1 saturated heterocycles. The average Bonchev–Trinajstić information content (AvgIpc) is 2.83. The summed E-state index contributed by atoms with van der Waals surface area (Å²) in [6.07, 6.45) is 1.27. The molecule has 160 valence electrons. The van der Waals surface area contributed by atoms with Crippen LogP contribution in [0, 0.1) is 5.92 Å². The number of amides is 2. The fourth-order valence-electron chi connectivity index (χ4n) is 4.09. The molecule has 4 rings (SSSR count). The summed E-state index contributed by atoms with van der Waals surface area (Å²) in [7, 11) is 3.13. The number of benzene rings is 3. The van der Waals surface area contributed by atoms with E-state index in [1.54, 1.807) is 32.4 Å². The van der Waals surface area contributed by atoms with Gasteiger partial charge in [0.1, 0.15) is 0 Å². The highest BCUT2D eigenvalue weighted by Gasteiger charge is 2.28. The van der Waals surface area contributed by atoms with Crippen LogP contribution in [0.2, 0.25) is 0 Å². The maximum absolute atomic E-state index is 13.1. The van der Waals surface area contributed by atoms with Crippen LogP contribution in [0.1, 0.15) is 23.2 Å². The Labute approximate surface area is 181 Å². The van der Waals surface area contributed by atoms with Gasteiger partial charge in [0.05, 0.1) is 14.2 Å². The first-order chi connectivity index (χ1) is 15.1. The van der Waals surface area contributed by atoms with Gasteiger partial charge in [-0.15, -0.1) is 0 Å². The molecule has 0 bridgehead atoms. The second-order valence-electron chi connectivity index (χ2n) is 7.65. The Hall–Kier alpha value is -3.54. The number of carbonyl (C=O) groups is 2. The van der Waals surface area contributed by atoms with E-state index in [9.17, 15) is 9.59 Å². The second-order valence-corrected chi connectivity index (χ2v) is 7.65. The molecule has 1 heterocycles. The normalized spacial score (nSPS) is 14.3. The van der Waals surface area contributed by atoms with E-state index in [1.807, 2.05) is 47.4 Å². The monoisotopic (exact) mass is 418 g/mol. The van der Waals surface area contributed by atoms with E-state index in [4.69, 9.17) is 9.47 Å². The summed E-state index contributed by atoms with van der Waals surface area (Å²) >= 11 is 0. The van der Waals surface area contributed by atoms with Crippen molar-refractivity contribution in [1.82, 2.24) is 4.90 Å². The van der Waals surface area contributed by atoms with Crippen LogP contribution in [0.15, 0.2) is 60.7 Å². The molecule has 1 N–H and O–H groups in total. The second kappa shape index (κ2) is 9.08. The van der Waals surface area contributed by atoms with Crippen molar-refractivity contribution in [1.29, 1.82) is 0 Å². The van der Waals surface area contributed by atoms with Gasteiger partial charge < -0.3 is 19.7 Å². The van der Waals surface area contributed by atoms with Crippen LogP contribution >= 0.6 is 0 Å². The highest BCUT2D eigenvalue weighted by Crippen LogP contribution is 2.30. The molecule has 3 aromatic rings. The van der Waals surface area contributed by atoms with Gasteiger partial charge in [0.15, 0.2) is 11.5 Å². The molecule has 0 aliphatic carbocycles. The van der Waals surface area contributed by atoms with Gasteiger partial charge >= 0.3 is 0 Å². The Morgan fingerprint density at radius 3 is 2.35 bits per heavy atom. The molecule has 1 aliphatic heterocycles. The van der Waals surface area contributed by atoms with Crippen molar-refractivity contribution in [3.63, 3.8) is 0 Å². The maximum atomic E-state index is 13.1. The third kappa shape index (κ3) is 4.33. The number of ether oxygens (including phenoxy) is 2. The molecule has 31 heavy (non-hydrogen) atoms. The number of rotatable bonds is 5. The van der Waals surface area contributed by atoms with Crippen molar-refractivity contribution in [3.05, 3.63) is 66.2 Å². The van der Waals surface area contributed by atoms with Crippen LogP contribution in [0.5, 0.6) is 11.5 Å². The predicted molar refractivity (Wildman–Crippen MR) is 121 cm³/mol. The van der Waals surface area contributed by atoms with Crippen molar-refractivity contribution in [3.8, 4) is 11.5 Å². The maximum Gasteiger partial charge on any atom is 0.254 e. The quantitative estimate of drug-likeness (QED) is 0.669. The number of fused-ring (bicyclic) bond motifs is 1. The molecule has 3 aromatic carbocycles. The van der Waals surface area contributed by atoms with Gasteiger partial charge in [-0.05, 0) is 41.8 Å². The van der Waals surface area contributed by atoms with E-state index in [1.165, 1.54) is 0 Å². The van der Waals surface area contributed by atoms with Crippen LogP contribution in [0.3, 0.4) is 0 Å². The molecule has 6 nitrogen and oxygen atoms in total. The molecule has 0 spiro atoms. The van der Waals surface area contributed by atoms with Crippen molar-refractivity contribution in [2.45, 2.75) is 12.8 Å². The van der Waals surface area contributed by atoms with Gasteiger partial charge in [-0.2, -0.15) is 0 Å². The minimum atomic E-state index is -0.135. The van der Waals surface area contributed by atoms with Crippen LogP contribution in [0.4, 0.5) is 5.69 Å². The van der Waals surface area contributed by atoms with E-state index in [0.29, 0.717) is 48.7 Å². The Morgan fingerprint density at radius 1 is 0.903 bits per heavy atom. The number of nitrogens with zero attached hydrogens (tertiary/aromatic N) is 1. The molecule has 1 fully saturated rings. The van der Waals surface area contributed by atoms with E-state index in [2.05, 4.69) is 5.32 Å². The lowest BCUT2D eigenvalue weighted by atomic mass is 9.94. The molecule has 1 aliphatic rings. The van der Waals surface area contributed by atoms with Gasteiger partial charge in [0.25, 0.3) is 5.91 Å². The van der Waals surface area contributed by atoms with E-state index in [-0.39, 0.29) is 17.7 Å². The van der Waals surface area contributed by atoms with Crippen LogP contribution in [-0.2, 0) is 4.79 Å². The molecule has 0 unspecified atom stereocenters. The first-order valence-corrected chi connectivity index (χ1v) is 10.4. The number of carbonyl (C=O) groups excluding carboxylic acids is 2. The number of methoxy groups -OCH3 is 2. The largest absolute Gasteiger partial charge is 0.493 e. The Balaban J connectivity index is 1.39. The zero-order valence-electron chi connectivity index (χ0n) is 17.8. The van der Waals surface area contributed by atoms with Crippen LogP contribution in [0.25, 0.3) is 10.8 Å². The topological polar surface area (TPSA) is 67.9 Å². The van der Waals surface area contributed by atoms with Gasteiger partial charge in [-0.25, -0.2) is 0 Å². The van der Waals surface area contributed by atoms with Gasteiger partial charge in [0.2, 0.25) is 5.91 Å². The fraction of sp³-hybridized carbons (Fsp3) is 0.280. The third-order valence-corrected chi connectivity index (χ3v) is 5.82. The molecular weight excluding hydrogens is 392 g/mol. The minimum Gasteiger partial charge on any atom is -0.493 e. The molecule has 2 amide bonds. The summed E-state index contributed by atoms with van der Waals surface area (Å²) in [5.41, 5.74) is 1.38. The van der Waals surface area contributed by atoms with Crippen molar-refractivity contribution < 1.29 is 19.1 Å². The molecule has 0 aromatic heterocycles. The lowest BCUT2D eigenvalue weighted by molar-refractivity contribution is -0.121. The zero-order chi connectivity index (χ0) is 21.8. The molecule has 0 radical (unpaired) electrons. The fourth-order valence-corrected chi connectivity index (χ4v) is 4.09. The summed E-state index contributed by atoms with van der Waals surface area (Å²) in [5, 5.41) is 4.97. The van der Waals surface area contributed by atoms with Crippen LogP contribution in [-0.4, -0.2) is 44.0 Å². The lowest BCUT2D eigenvalue weighted by Gasteiger charge is -2.31. The first kappa shape index (κ1) is 20.7. The molecular formula is C25H26N2O4. The lowest BCUT2D eigenvalue weighted by Crippen LogP contribution is -2.41. The molecule has 6 heteroatoms. The number of anilines is 1. The van der Waals surface area contributed by atoms with Crippen LogP contribution < -0.4 is 14.8 Å². The zero-order valence-corrected chi connectivity index (χ0v) is 17.8. The number of likely N-dealkylation sites (tertiary alicyclic amines) is 1. The summed E-state index contributed by atoms with van der Waals surface area (Å²) < 4.78 is 10.5. The highest BCUT2D eigenvalue weighted by molar-refractivity contribution is 6.07. The minimum absolute atomic E-state index is 0.0237. The van der Waals surface area contributed by atoms with Crippen molar-refractivity contribution >= 4 is 28.3 Å². The summed E-state index contributed by atoms with van der Waals surface area (Å²) in [6, 6.07) is 19.0. The van der Waals surface area contributed by atoms with E-state index in [0.717, 1.165) is 10.8 Å². The average molecular weight is 418 g/mol. The van der Waals surface area contributed by atoms with E-state index < -0.39 is 0 Å². The Kier molecular flexibility index (Phi) is 6.07. The Morgan fingerprint density at radius 2 is 1.61 bits per heavy atom. The number of piperidine rings is 1. The SMILES string of the molecule is COc1ccc(NC(=O)C2CCN(C(=O)c3cccc4ccccc34)CC2)cc1OC. The summed E-state index contributed by atoms with van der Waals surface area (Å²) in [6.45, 7) is 1.12. The number of hydrogen-bond donors (Lipinski definition) is 1. The van der Waals surface area contributed by atoms with Crippen molar-refractivity contribution in [2.75, 3.05) is 32.6 Å². The summed E-state index contributed by atoms with van der Waals surface area (Å²) in [4.78, 5) is 27.7. The number of nitrogens with one attached hydrogen (secondary N) is 1. The first-order valence-electron chi connectivity index (χ1n) is 10.4. The molecule has 0 saturated carbocycles. The van der Waals surface area contributed by atoms with E-state index >= 15 is 0 Å². The van der Waals surface area contributed by atoms with Gasteiger partial charge in [0, 0.05) is 36.3 Å². The van der Waals surface area contributed by atoms with Crippen molar-refractivity contribution in [2.24, 2.45) is 5.92 Å². The third-order valence-electron chi connectivity index (χ3n) is 5.82. The highest BCUT2D eigenvalue weighted by atomic mass is 16.5. The Bertz CT molecular complexity index is 1100. The smallest absolute Gasteiger partial charge is 0.254 e. The molecule has 0 atom stereocenters. The number of hydrogen-bond acceptors (Lipinski definition) is 4. The summed E-state index contributed by atoms with van der Waals surface area (Å²) in [5.74, 6) is 1.03.